The van der Waals surface area contributed by atoms with Gasteiger partial charge in [0.1, 0.15) is 12.3 Å². The number of allylic oxidation sites excluding steroid dienone is 1. The molecule has 26 heavy (non-hydrogen) atoms. The minimum absolute atomic E-state index is 0.0452. The average Bonchev–Trinajstić information content (AvgIpc) is 2.64. The van der Waals surface area contributed by atoms with Crippen molar-refractivity contribution in [1.29, 1.82) is 0 Å². The number of hydrogen-bond acceptors (Lipinski definition) is 6. The number of nitrogens with zero attached hydrogens (tertiary/aromatic N) is 1. The van der Waals surface area contributed by atoms with Gasteiger partial charge in [0.25, 0.3) is 5.54 Å². The number of methoxy groups -OCH3 is 1. The number of alkyl carbamates (subject to hydrolysis) is 1. The molecule has 0 saturated heterocycles. The van der Waals surface area contributed by atoms with Crippen LogP contribution in [-0.2, 0) is 25.7 Å². The molecule has 1 N–H and O–H groups in total. The summed E-state index contributed by atoms with van der Waals surface area (Å²) in [6.07, 6.45) is 1.46. The lowest BCUT2D eigenvalue weighted by atomic mass is 9.99. The number of hydrogen-bond donors (Lipinski definition) is 1. The summed E-state index contributed by atoms with van der Waals surface area (Å²) < 4.78 is 9.73. The first kappa shape index (κ1) is 21.1. The Morgan fingerprint density at radius 2 is 1.85 bits per heavy atom. The standard InChI is InChI=1S/C18H24N2O6/c1-18(2,20(23)25-4)12-8-11-15(16(21)24-3)19-17(22)26-13-14-9-6-5-7-10-14/h5-7,9-11H,8,12-13H2,1-4H3/p+1/b15-11+. The van der Waals surface area contributed by atoms with Crippen LogP contribution >= 0.6 is 0 Å². The van der Waals surface area contributed by atoms with E-state index in [2.05, 4.69) is 14.9 Å². The highest BCUT2D eigenvalue weighted by Gasteiger charge is 2.36. The molecule has 0 atom stereocenters. The van der Waals surface area contributed by atoms with Gasteiger partial charge in [-0.15, -0.1) is 0 Å². The lowest BCUT2D eigenvalue weighted by Gasteiger charge is -2.12. The summed E-state index contributed by atoms with van der Waals surface area (Å²) >= 11 is 0. The molecule has 1 rings (SSSR count). The Morgan fingerprint density at radius 1 is 1.19 bits per heavy atom. The van der Waals surface area contributed by atoms with Gasteiger partial charge in [-0.1, -0.05) is 36.4 Å². The van der Waals surface area contributed by atoms with E-state index in [-0.39, 0.29) is 12.3 Å². The molecule has 0 fully saturated rings. The SMILES string of the molecule is COC(=O)/C(=C\CCC(C)(C)[N+](=O)OC)NC(=O)OCc1ccccc1. The van der Waals surface area contributed by atoms with Gasteiger partial charge in [-0.3, -0.25) is 5.32 Å². The molecule has 0 radical (unpaired) electrons. The quantitative estimate of drug-likeness (QED) is 0.411. The number of carbonyl (C=O) groups is 2. The zero-order chi connectivity index (χ0) is 19.6. The van der Waals surface area contributed by atoms with Crippen LogP contribution in [0, 0.1) is 4.91 Å². The van der Waals surface area contributed by atoms with Crippen molar-refractivity contribution in [1.82, 2.24) is 5.32 Å². The molecule has 0 aromatic heterocycles. The Bertz CT molecular complexity index is 655. The van der Waals surface area contributed by atoms with E-state index in [0.29, 0.717) is 17.8 Å². The summed E-state index contributed by atoms with van der Waals surface area (Å²) in [5.74, 6) is -0.704. The monoisotopic (exact) mass is 365 g/mol. The Kier molecular flexibility index (Phi) is 8.27. The predicted octanol–water partition coefficient (Wildman–Crippen LogP) is 2.87. The fourth-order valence-electron chi connectivity index (χ4n) is 2.07. The molecule has 0 aliphatic rings. The van der Waals surface area contributed by atoms with Gasteiger partial charge in [0.2, 0.25) is 4.92 Å². The maximum Gasteiger partial charge on any atom is 0.412 e. The summed E-state index contributed by atoms with van der Waals surface area (Å²) in [7, 11) is 2.50. The van der Waals surface area contributed by atoms with E-state index >= 15 is 0 Å². The number of nitrogens with one attached hydrogen (secondary N) is 1. The molecule has 0 bridgehead atoms. The lowest BCUT2D eigenvalue weighted by molar-refractivity contribution is -0.842. The maximum absolute atomic E-state index is 11.9. The van der Waals surface area contributed by atoms with Crippen molar-refractivity contribution >= 4 is 12.1 Å². The van der Waals surface area contributed by atoms with Crippen molar-refractivity contribution < 1.29 is 28.8 Å². The van der Waals surface area contributed by atoms with Crippen molar-refractivity contribution in [2.45, 2.75) is 38.8 Å². The van der Waals surface area contributed by atoms with E-state index in [4.69, 9.17) is 4.74 Å². The van der Waals surface area contributed by atoms with Gasteiger partial charge >= 0.3 is 12.1 Å². The Hall–Kier alpha value is -2.90. The molecule has 8 nitrogen and oxygen atoms in total. The van der Waals surface area contributed by atoms with Crippen molar-refractivity contribution in [3.8, 4) is 0 Å². The first-order valence-electron chi connectivity index (χ1n) is 8.08. The van der Waals surface area contributed by atoms with Crippen LogP contribution in [0.5, 0.6) is 0 Å². The van der Waals surface area contributed by atoms with Crippen LogP contribution < -0.4 is 5.32 Å². The van der Waals surface area contributed by atoms with Crippen LogP contribution in [0.2, 0.25) is 0 Å². The van der Waals surface area contributed by atoms with E-state index in [9.17, 15) is 14.5 Å². The van der Waals surface area contributed by atoms with Crippen LogP contribution in [-0.4, -0.2) is 36.7 Å². The third kappa shape index (κ3) is 6.92. The number of benzene rings is 1. The molecule has 1 aromatic rings. The van der Waals surface area contributed by atoms with E-state index in [1.807, 2.05) is 30.3 Å². The summed E-state index contributed by atoms with van der Waals surface area (Å²) in [4.78, 5) is 40.4. The van der Waals surface area contributed by atoms with Crippen LogP contribution in [0.25, 0.3) is 0 Å². The second-order valence-electron chi connectivity index (χ2n) is 6.09. The number of ether oxygens (including phenoxy) is 2. The van der Waals surface area contributed by atoms with Gasteiger partial charge in [-0.25, -0.2) is 14.4 Å². The van der Waals surface area contributed by atoms with Crippen LogP contribution in [0.4, 0.5) is 4.79 Å². The van der Waals surface area contributed by atoms with Crippen molar-refractivity contribution in [3.05, 3.63) is 52.6 Å². The molecule has 0 unspecified atom stereocenters. The Balaban J connectivity index is 2.64. The summed E-state index contributed by atoms with van der Waals surface area (Å²) in [6, 6.07) is 9.15. The first-order valence-corrected chi connectivity index (χ1v) is 8.08. The number of amides is 1. The molecule has 0 saturated carbocycles. The average molecular weight is 365 g/mol. The molecule has 0 aliphatic heterocycles. The van der Waals surface area contributed by atoms with Crippen LogP contribution in [0.1, 0.15) is 32.3 Å². The molecule has 0 spiro atoms. The predicted molar refractivity (Wildman–Crippen MR) is 93.8 cm³/mol. The second kappa shape index (κ2) is 10.2. The van der Waals surface area contributed by atoms with Crippen LogP contribution in [0.15, 0.2) is 42.1 Å². The van der Waals surface area contributed by atoms with Gasteiger partial charge in [0.05, 0.1) is 12.0 Å². The topological polar surface area (TPSA) is 93.9 Å². The summed E-state index contributed by atoms with van der Waals surface area (Å²) in [6.45, 7) is 3.49. The Labute approximate surface area is 152 Å². The van der Waals surface area contributed by atoms with Crippen molar-refractivity contribution in [2.24, 2.45) is 0 Å². The number of rotatable bonds is 9. The third-order valence-electron chi connectivity index (χ3n) is 3.62. The van der Waals surface area contributed by atoms with Gasteiger partial charge in [-0.2, -0.15) is 0 Å². The molecule has 142 valence electrons. The van der Waals surface area contributed by atoms with Gasteiger partial charge in [0.15, 0.2) is 7.11 Å². The van der Waals surface area contributed by atoms with E-state index in [1.165, 1.54) is 20.3 Å². The van der Waals surface area contributed by atoms with E-state index < -0.39 is 17.6 Å². The van der Waals surface area contributed by atoms with Crippen molar-refractivity contribution in [2.75, 3.05) is 14.2 Å². The zero-order valence-corrected chi connectivity index (χ0v) is 15.5. The first-order chi connectivity index (χ1) is 12.3. The molecule has 1 aromatic carbocycles. The fraction of sp³-hybridized carbons (Fsp3) is 0.444. The van der Waals surface area contributed by atoms with Crippen LogP contribution in [0.3, 0.4) is 0 Å². The van der Waals surface area contributed by atoms with Gasteiger partial charge in [-0.05, 0) is 12.0 Å². The highest BCUT2D eigenvalue weighted by Crippen LogP contribution is 2.17. The van der Waals surface area contributed by atoms with E-state index in [1.54, 1.807) is 13.8 Å². The normalized spacial score (nSPS) is 11.5. The van der Waals surface area contributed by atoms with E-state index in [0.717, 1.165) is 5.56 Å². The molecular weight excluding hydrogens is 340 g/mol. The summed E-state index contributed by atoms with van der Waals surface area (Å²) in [5.41, 5.74) is -0.0142. The number of carbonyl (C=O) groups excluding carboxylic acids is 2. The van der Waals surface area contributed by atoms with Gasteiger partial charge < -0.3 is 9.47 Å². The molecule has 0 heterocycles. The molecule has 8 heteroatoms. The highest BCUT2D eigenvalue weighted by atomic mass is 16.8. The minimum Gasteiger partial charge on any atom is -0.464 e. The molecule has 1 amide bonds. The fourth-order valence-corrected chi connectivity index (χ4v) is 2.07. The molecular formula is C18H25N2O6+. The smallest absolute Gasteiger partial charge is 0.412 e. The lowest BCUT2D eigenvalue weighted by Crippen LogP contribution is -2.34. The minimum atomic E-state index is -0.791. The van der Waals surface area contributed by atoms with Crippen molar-refractivity contribution in [3.63, 3.8) is 0 Å². The zero-order valence-electron chi connectivity index (χ0n) is 15.5. The summed E-state index contributed by atoms with van der Waals surface area (Å²) in [5, 5.41) is 2.37. The largest absolute Gasteiger partial charge is 0.464 e. The van der Waals surface area contributed by atoms with Gasteiger partial charge in [0, 0.05) is 20.3 Å². The second-order valence-corrected chi connectivity index (χ2v) is 6.09. The number of esters is 1. The highest BCUT2D eigenvalue weighted by molar-refractivity contribution is 5.92. The molecule has 0 aliphatic carbocycles. The third-order valence-corrected chi connectivity index (χ3v) is 3.62. The maximum atomic E-state index is 11.9. The Morgan fingerprint density at radius 3 is 2.42 bits per heavy atom.